The van der Waals surface area contributed by atoms with Crippen LogP contribution in [-0.2, 0) is 4.74 Å². The summed E-state index contributed by atoms with van der Waals surface area (Å²) in [5.41, 5.74) is 0. The van der Waals surface area contributed by atoms with Crippen molar-refractivity contribution in [3.63, 3.8) is 0 Å². The van der Waals surface area contributed by atoms with Crippen molar-refractivity contribution in [1.29, 1.82) is 0 Å². The Morgan fingerprint density at radius 3 is 2.00 bits per heavy atom. The van der Waals surface area contributed by atoms with Crippen molar-refractivity contribution < 1.29 is 9.53 Å². The van der Waals surface area contributed by atoms with Gasteiger partial charge >= 0.3 is 6.09 Å². The van der Waals surface area contributed by atoms with Crippen LogP contribution in [0.1, 0.15) is 32.1 Å². The molecule has 0 unspecified atom stereocenters. The van der Waals surface area contributed by atoms with Gasteiger partial charge in [0, 0.05) is 52.4 Å². The zero-order valence-electron chi connectivity index (χ0n) is 13.7. The van der Waals surface area contributed by atoms with Gasteiger partial charge in [-0.05, 0) is 18.8 Å². The summed E-state index contributed by atoms with van der Waals surface area (Å²) in [6.07, 6.45) is 6.18. The molecule has 1 saturated carbocycles. The molecule has 0 spiro atoms. The lowest BCUT2D eigenvalue weighted by molar-refractivity contribution is 0.0807. The fourth-order valence-corrected chi connectivity index (χ4v) is 3.09. The van der Waals surface area contributed by atoms with E-state index in [1.54, 1.807) is 0 Å². The lowest BCUT2D eigenvalue weighted by Crippen LogP contribution is -2.44. The second kappa shape index (κ2) is 10.8. The highest BCUT2D eigenvalue weighted by atomic mass is 16.6. The number of nitrogens with zero attached hydrogens (tertiary/aromatic N) is 1. The van der Waals surface area contributed by atoms with Gasteiger partial charge in [-0.25, -0.2) is 4.79 Å². The Labute approximate surface area is 134 Å². The second-order valence-electron chi connectivity index (χ2n) is 6.32. The fourth-order valence-electron chi connectivity index (χ4n) is 3.09. The first kappa shape index (κ1) is 17.5. The molecule has 1 heterocycles. The van der Waals surface area contributed by atoms with E-state index in [0.29, 0.717) is 25.6 Å². The van der Waals surface area contributed by atoms with Crippen molar-refractivity contribution in [1.82, 2.24) is 20.9 Å². The number of hydrogen-bond acceptors (Lipinski definition) is 5. The van der Waals surface area contributed by atoms with Gasteiger partial charge in [-0.15, -0.1) is 0 Å². The fraction of sp³-hybridized carbons (Fsp3) is 0.938. The molecule has 3 N–H and O–H groups in total. The van der Waals surface area contributed by atoms with E-state index < -0.39 is 0 Å². The van der Waals surface area contributed by atoms with E-state index in [9.17, 15) is 4.79 Å². The maximum absolute atomic E-state index is 12.3. The van der Waals surface area contributed by atoms with E-state index in [2.05, 4.69) is 16.0 Å². The molecule has 2 fully saturated rings. The Bertz CT molecular complexity index is 297. The van der Waals surface area contributed by atoms with Crippen molar-refractivity contribution in [3.05, 3.63) is 0 Å². The molecule has 1 saturated heterocycles. The smallest absolute Gasteiger partial charge is 0.409 e. The number of ether oxygens (including phenoxy) is 1. The zero-order chi connectivity index (χ0) is 15.5. The Morgan fingerprint density at radius 1 is 0.864 bits per heavy atom. The molecule has 22 heavy (non-hydrogen) atoms. The van der Waals surface area contributed by atoms with E-state index >= 15 is 0 Å². The number of nitrogens with one attached hydrogen (secondary N) is 3. The van der Waals surface area contributed by atoms with Gasteiger partial charge in [0.25, 0.3) is 0 Å². The summed E-state index contributed by atoms with van der Waals surface area (Å²) in [6, 6.07) is 0. The van der Waals surface area contributed by atoms with Crippen molar-refractivity contribution in [2.24, 2.45) is 5.92 Å². The van der Waals surface area contributed by atoms with Gasteiger partial charge in [-0.2, -0.15) is 0 Å². The van der Waals surface area contributed by atoms with Crippen LogP contribution in [0.15, 0.2) is 0 Å². The molecule has 0 radical (unpaired) electrons. The minimum absolute atomic E-state index is 0.149. The third kappa shape index (κ3) is 6.94. The van der Waals surface area contributed by atoms with Crippen molar-refractivity contribution >= 4 is 6.09 Å². The van der Waals surface area contributed by atoms with Crippen molar-refractivity contribution in [2.45, 2.75) is 32.1 Å². The van der Waals surface area contributed by atoms with Gasteiger partial charge in [-0.3, -0.25) is 0 Å². The summed E-state index contributed by atoms with van der Waals surface area (Å²) < 4.78 is 5.56. The summed E-state index contributed by atoms with van der Waals surface area (Å²) in [5, 5.41) is 10.1. The molecule has 6 heteroatoms. The van der Waals surface area contributed by atoms with E-state index in [4.69, 9.17) is 4.74 Å². The predicted molar refractivity (Wildman–Crippen MR) is 88.1 cm³/mol. The predicted octanol–water partition coefficient (Wildman–Crippen LogP) is 0.788. The molecule has 1 amide bonds. The average molecular weight is 312 g/mol. The second-order valence-corrected chi connectivity index (χ2v) is 6.32. The molecule has 1 aliphatic heterocycles. The largest absolute Gasteiger partial charge is 0.449 e. The number of amides is 1. The lowest BCUT2D eigenvalue weighted by atomic mass is 9.90. The molecule has 0 atom stereocenters. The maximum Gasteiger partial charge on any atom is 0.409 e. The number of rotatable bonds is 2. The molecule has 2 aliphatic rings. The maximum atomic E-state index is 12.3. The standard InChI is InChI=1S/C16H32N4O2/c21-16(22-14-15-4-2-1-3-5-15)20-12-10-18-8-6-17-7-9-19-11-13-20/h15,17-19H,1-14H2. The van der Waals surface area contributed by atoms with Gasteiger partial charge in [-0.1, -0.05) is 19.3 Å². The van der Waals surface area contributed by atoms with E-state index in [1.165, 1.54) is 32.1 Å². The Balaban J connectivity index is 1.71. The Morgan fingerprint density at radius 2 is 1.41 bits per heavy atom. The molecule has 0 aromatic carbocycles. The van der Waals surface area contributed by atoms with Crippen LogP contribution in [0.25, 0.3) is 0 Å². The third-order valence-electron chi connectivity index (χ3n) is 4.50. The van der Waals surface area contributed by atoms with Crippen LogP contribution in [0.3, 0.4) is 0 Å². The molecule has 1 aliphatic carbocycles. The number of carbonyl (C=O) groups is 1. The highest BCUT2D eigenvalue weighted by Crippen LogP contribution is 2.23. The van der Waals surface area contributed by atoms with Gasteiger partial charge in [0.2, 0.25) is 0 Å². The first-order valence-electron chi connectivity index (χ1n) is 8.90. The summed E-state index contributed by atoms with van der Waals surface area (Å²) in [6.45, 7) is 7.47. The van der Waals surface area contributed by atoms with E-state index in [-0.39, 0.29) is 6.09 Å². The molecular weight excluding hydrogens is 280 g/mol. The minimum Gasteiger partial charge on any atom is -0.449 e. The summed E-state index contributed by atoms with van der Waals surface area (Å²) in [7, 11) is 0. The van der Waals surface area contributed by atoms with Crippen LogP contribution in [0.5, 0.6) is 0 Å². The normalized spacial score (nSPS) is 23.4. The topological polar surface area (TPSA) is 65.6 Å². The van der Waals surface area contributed by atoms with E-state index in [0.717, 1.165) is 39.3 Å². The molecule has 0 aromatic heterocycles. The summed E-state index contributed by atoms with van der Waals surface area (Å²) >= 11 is 0. The average Bonchev–Trinajstić information content (AvgIpc) is 2.54. The summed E-state index contributed by atoms with van der Waals surface area (Å²) in [4.78, 5) is 14.1. The molecular formula is C16H32N4O2. The molecule has 128 valence electrons. The van der Waals surface area contributed by atoms with Crippen LogP contribution in [0, 0.1) is 5.92 Å². The first-order chi connectivity index (χ1) is 10.9. The van der Waals surface area contributed by atoms with Gasteiger partial charge in [0.1, 0.15) is 0 Å². The van der Waals surface area contributed by atoms with Gasteiger partial charge in [0.05, 0.1) is 6.61 Å². The summed E-state index contributed by atoms with van der Waals surface area (Å²) in [5.74, 6) is 0.576. The third-order valence-corrected chi connectivity index (χ3v) is 4.50. The van der Waals surface area contributed by atoms with Gasteiger partial charge < -0.3 is 25.6 Å². The molecule has 2 rings (SSSR count). The van der Waals surface area contributed by atoms with Gasteiger partial charge in [0.15, 0.2) is 0 Å². The van der Waals surface area contributed by atoms with Crippen molar-refractivity contribution in [3.8, 4) is 0 Å². The van der Waals surface area contributed by atoms with Crippen LogP contribution in [0.2, 0.25) is 0 Å². The van der Waals surface area contributed by atoms with Crippen LogP contribution in [0.4, 0.5) is 4.79 Å². The highest BCUT2D eigenvalue weighted by molar-refractivity contribution is 5.67. The first-order valence-corrected chi connectivity index (χ1v) is 8.90. The Kier molecular flexibility index (Phi) is 8.60. The van der Waals surface area contributed by atoms with E-state index in [1.807, 2.05) is 4.90 Å². The monoisotopic (exact) mass is 312 g/mol. The number of carbonyl (C=O) groups excluding carboxylic acids is 1. The van der Waals surface area contributed by atoms with Crippen molar-refractivity contribution in [2.75, 3.05) is 59.0 Å². The van der Waals surface area contributed by atoms with Crippen LogP contribution in [-0.4, -0.2) is 70.0 Å². The van der Waals surface area contributed by atoms with Crippen LogP contribution >= 0.6 is 0 Å². The zero-order valence-corrected chi connectivity index (χ0v) is 13.7. The molecule has 0 bridgehead atoms. The van der Waals surface area contributed by atoms with Crippen LogP contribution < -0.4 is 16.0 Å². The SMILES string of the molecule is O=C(OCC1CCCCC1)N1CCNCCNCCNCC1. The molecule has 6 nitrogen and oxygen atoms in total. The lowest BCUT2D eigenvalue weighted by Gasteiger charge is -2.26. The quantitative estimate of drug-likeness (QED) is 0.703. The molecule has 0 aromatic rings. The number of hydrogen-bond donors (Lipinski definition) is 3. The minimum atomic E-state index is -0.149. The Hall–Kier alpha value is -0.850. The highest BCUT2D eigenvalue weighted by Gasteiger charge is 2.19.